The largest absolute Gasteiger partial charge is 0.506 e. The van der Waals surface area contributed by atoms with Crippen molar-refractivity contribution in [1.29, 1.82) is 0 Å². The van der Waals surface area contributed by atoms with Crippen LogP contribution in [0.3, 0.4) is 0 Å². The van der Waals surface area contributed by atoms with E-state index in [4.69, 9.17) is 16.7 Å². The molecule has 0 fully saturated rings. The highest BCUT2D eigenvalue weighted by atomic mass is 35.5. The van der Waals surface area contributed by atoms with Crippen LogP contribution < -0.4 is 0 Å². The van der Waals surface area contributed by atoms with Crippen LogP contribution in [0.15, 0.2) is 36.7 Å². The summed E-state index contributed by atoms with van der Waals surface area (Å²) in [4.78, 5) is 14.7. The fourth-order valence-electron chi connectivity index (χ4n) is 1.45. The van der Waals surface area contributed by atoms with E-state index in [1.54, 1.807) is 6.07 Å². The maximum Gasteiger partial charge on any atom is 0.337 e. The Bertz CT molecular complexity index is 584. The van der Waals surface area contributed by atoms with E-state index >= 15 is 0 Å². The van der Waals surface area contributed by atoms with Crippen LogP contribution in [0, 0.1) is 0 Å². The van der Waals surface area contributed by atoms with Crippen LogP contribution in [0.2, 0.25) is 5.02 Å². The van der Waals surface area contributed by atoms with E-state index in [-0.39, 0.29) is 16.3 Å². The van der Waals surface area contributed by atoms with E-state index < -0.39 is 5.97 Å². The molecule has 86 valence electrons. The van der Waals surface area contributed by atoms with Gasteiger partial charge in [0.05, 0.1) is 16.8 Å². The summed E-state index contributed by atoms with van der Waals surface area (Å²) in [5.74, 6) is -1.07. The van der Waals surface area contributed by atoms with E-state index in [0.717, 1.165) is 0 Å². The molecule has 4 nitrogen and oxygen atoms in total. The molecule has 17 heavy (non-hydrogen) atoms. The van der Waals surface area contributed by atoms with E-state index in [0.29, 0.717) is 11.1 Å². The number of carboxylic acid groups (broad SMARTS) is 1. The van der Waals surface area contributed by atoms with Gasteiger partial charge in [-0.1, -0.05) is 17.7 Å². The molecule has 0 bridgehead atoms. The third-order valence-electron chi connectivity index (χ3n) is 2.25. The van der Waals surface area contributed by atoms with Crippen molar-refractivity contribution in [3.8, 4) is 16.9 Å². The van der Waals surface area contributed by atoms with Crippen molar-refractivity contribution in [2.24, 2.45) is 0 Å². The molecule has 0 aliphatic heterocycles. The number of aromatic nitrogens is 1. The van der Waals surface area contributed by atoms with Gasteiger partial charge in [0.1, 0.15) is 5.75 Å². The van der Waals surface area contributed by atoms with Crippen molar-refractivity contribution < 1.29 is 15.0 Å². The van der Waals surface area contributed by atoms with Crippen LogP contribution in [0.1, 0.15) is 10.4 Å². The lowest BCUT2D eigenvalue weighted by atomic mass is 10.0. The van der Waals surface area contributed by atoms with Gasteiger partial charge in [-0.2, -0.15) is 0 Å². The molecule has 5 heteroatoms. The fraction of sp³-hybridized carbons (Fsp3) is 0. The summed E-state index contributed by atoms with van der Waals surface area (Å²) in [6.07, 6.45) is 2.84. The first-order valence-corrected chi connectivity index (χ1v) is 5.13. The highest BCUT2D eigenvalue weighted by molar-refractivity contribution is 6.33. The minimum atomic E-state index is -1.09. The van der Waals surface area contributed by atoms with Crippen LogP contribution in [0.25, 0.3) is 11.1 Å². The second-order valence-electron chi connectivity index (χ2n) is 3.43. The Kier molecular flexibility index (Phi) is 2.97. The van der Waals surface area contributed by atoms with Crippen LogP contribution in [-0.4, -0.2) is 21.2 Å². The third-order valence-corrected chi connectivity index (χ3v) is 2.58. The second-order valence-corrected chi connectivity index (χ2v) is 3.84. The second kappa shape index (κ2) is 4.43. The SMILES string of the molecule is O=C(O)c1cc(-c2cncc(O)c2)ccc1Cl. The Morgan fingerprint density at radius 2 is 1.94 bits per heavy atom. The lowest BCUT2D eigenvalue weighted by Gasteiger charge is -2.04. The van der Waals surface area contributed by atoms with Crippen LogP contribution >= 0.6 is 11.6 Å². The van der Waals surface area contributed by atoms with Gasteiger partial charge >= 0.3 is 5.97 Å². The average molecular weight is 250 g/mol. The zero-order chi connectivity index (χ0) is 12.4. The number of hydrogen-bond acceptors (Lipinski definition) is 3. The van der Waals surface area contributed by atoms with Crippen LogP contribution in [0.5, 0.6) is 5.75 Å². The molecule has 0 amide bonds. The number of carboxylic acids is 1. The number of nitrogens with zero attached hydrogens (tertiary/aromatic N) is 1. The van der Waals surface area contributed by atoms with Crippen molar-refractivity contribution in [2.75, 3.05) is 0 Å². The van der Waals surface area contributed by atoms with Gasteiger partial charge in [0.15, 0.2) is 0 Å². The maximum absolute atomic E-state index is 10.9. The summed E-state index contributed by atoms with van der Waals surface area (Å²) in [6.45, 7) is 0. The van der Waals surface area contributed by atoms with Crippen molar-refractivity contribution in [2.45, 2.75) is 0 Å². The van der Waals surface area contributed by atoms with Gasteiger partial charge in [0, 0.05) is 11.8 Å². The van der Waals surface area contributed by atoms with Gasteiger partial charge in [-0.05, 0) is 23.8 Å². The summed E-state index contributed by atoms with van der Waals surface area (Å²) in [6, 6.07) is 6.12. The molecule has 0 spiro atoms. The molecule has 1 aromatic heterocycles. The summed E-state index contributed by atoms with van der Waals surface area (Å²) in [7, 11) is 0. The van der Waals surface area contributed by atoms with Gasteiger partial charge in [-0.25, -0.2) is 4.79 Å². The average Bonchev–Trinajstić information content (AvgIpc) is 2.29. The molecule has 2 aromatic rings. The minimum Gasteiger partial charge on any atom is -0.506 e. The number of rotatable bonds is 2. The molecule has 0 unspecified atom stereocenters. The first-order valence-electron chi connectivity index (χ1n) is 4.75. The summed E-state index contributed by atoms with van der Waals surface area (Å²) in [5.41, 5.74) is 1.28. The Labute approximate surface area is 102 Å². The van der Waals surface area contributed by atoms with Gasteiger partial charge in [0.2, 0.25) is 0 Å². The highest BCUT2D eigenvalue weighted by Crippen LogP contribution is 2.26. The van der Waals surface area contributed by atoms with Crippen molar-refractivity contribution in [3.63, 3.8) is 0 Å². The molecular formula is C12H8ClNO3. The predicted molar refractivity (Wildman–Crippen MR) is 63.3 cm³/mol. The van der Waals surface area contributed by atoms with Crippen molar-refractivity contribution in [1.82, 2.24) is 4.98 Å². The fourth-order valence-corrected chi connectivity index (χ4v) is 1.65. The van der Waals surface area contributed by atoms with Crippen molar-refractivity contribution in [3.05, 3.63) is 47.2 Å². The van der Waals surface area contributed by atoms with Crippen molar-refractivity contribution >= 4 is 17.6 Å². The number of aromatic hydroxyl groups is 1. The monoisotopic (exact) mass is 249 g/mol. The third kappa shape index (κ3) is 2.37. The number of aromatic carboxylic acids is 1. The Morgan fingerprint density at radius 1 is 1.18 bits per heavy atom. The molecule has 2 N–H and O–H groups in total. The lowest BCUT2D eigenvalue weighted by molar-refractivity contribution is 0.0697. The van der Waals surface area contributed by atoms with E-state index in [9.17, 15) is 9.90 Å². The molecule has 0 saturated carbocycles. The normalized spacial score (nSPS) is 10.2. The number of halogens is 1. The summed E-state index contributed by atoms with van der Waals surface area (Å²) >= 11 is 5.76. The zero-order valence-electron chi connectivity index (χ0n) is 8.59. The molecule has 0 atom stereocenters. The molecule has 1 heterocycles. The Balaban J connectivity index is 2.54. The smallest absolute Gasteiger partial charge is 0.337 e. The van der Waals surface area contributed by atoms with Gasteiger partial charge in [-0.3, -0.25) is 4.98 Å². The standard InChI is InChI=1S/C12H8ClNO3/c13-11-2-1-7(4-10(11)12(16)17)8-3-9(15)6-14-5-8/h1-6,15H,(H,16,17). The molecule has 0 radical (unpaired) electrons. The van der Waals surface area contributed by atoms with Crippen LogP contribution in [-0.2, 0) is 0 Å². The number of benzene rings is 1. The lowest BCUT2D eigenvalue weighted by Crippen LogP contribution is -1.97. The first kappa shape index (κ1) is 11.4. The zero-order valence-corrected chi connectivity index (χ0v) is 9.35. The molecule has 1 aromatic carbocycles. The molecule has 0 saturated heterocycles. The Morgan fingerprint density at radius 3 is 2.59 bits per heavy atom. The molecule has 2 rings (SSSR count). The highest BCUT2D eigenvalue weighted by Gasteiger charge is 2.10. The van der Waals surface area contributed by atoms with Crippen LogP contribution in [0.4, 0.5) is 0 Å². The maximum atomic E-state index is 10.9. The summed E-state index contributed by atoms with van der Waals surface area (Å²) < 4.78 is 0. The van der Waals surface area contributed by atoms with Gasteiger partial charge in [-0.15, -0.1) is 0 Å². The van der Waals surface area contributed by atoms with E-state index in [1.165, 1.54) is 30.6 Å². The number of hydrogen-bond donors (Lipinski definition) is 2. The topological polar surface area (TPSA) is 70.4 Å². The Hall–Kier alpha value is -2.07. The van der Waals surface area contributed by atoms with E-state index in [2.05, 4.69) is 4.98 Å². The minimum absolute atomic E-state index is 0.0208. The van der Waals surface area contributed by atoms with Gasteiger partial charge < -0.3 is 10.2 Å². The molecular weight excluding hydrogens is 242 g/mol. The first-order chi connectivity index (χ1) is 8.08. The predicted octanol–water partition coefficient (Wildman–Crippen LogP) is 2.81. The van der Waals surface area contributed by atoms with E-state index in [1.807, 2.05) is 0 Å². The number of pyridine rings is 1. The number of carbonyl (C=O) groups is 1. The quantitative estimate of drug-likeness (QED) is 0.859. The summed E-state index contributed by atoms with van der Waals surface area (Å²) in [5, 5.41) is 18.4. The van der Waals surface area contributed by atoms with Gasteiger partial charge in [0.25, 0.3) is 0 Å². The molecule has 0 aliphatic carbocycles. The molecule has 0 aliphatic rings.